The van der Waals surface area contributed by atoms with Gasteiger partial charge in [0.15, 0.2) is 5.03 Å². The highest BCUT2D eigenvalue weighted by atomic mass is 32.2. The maximum Gasteiger partial charge on any atom is 0.278 e. The molecule has 20 heavy (non-hydrogen) atoms. The van der Waals surface area contributed by atoms with Crippen LogP contribution in [0.15, 0.2) is 53.7 Å². The van der Waals surface area contributed by atoms with E-state index >= 15 is 0 Å². The van der Waals surface area contributed by atoms with Gasteiger partial charge in [0.1, 0.15) is 5.82 Å². The highest BCUT2D eigenvalue weighted by molar-refractivity contribution is 7.92. The van der Waals surface area contributed by atoms with Crippen LogP contribution in [-0.2, 0) is 10.0 Å². The van der Waals surface area contributed by atoms with Crippen molar-refractivity contribution in [3.8, 4) is 0 Å². The Bertz CT molecular complexity index is 869. The van der Waals surface area contributed by atoms with E-state index in [0.717, 1.165) is 10.8 Å². The number of rotatable bonds is 3. The number of H-pyrrole nitrogens is 1. The van der Waals surface area contributed by atoms with Crippen molar-refractivity contribution in [2.75, 3.05) is 4.72 Å². The first kappa shape index (κ1) is 12.7. The Morgan fingerprint density at radius 3 is 2.55 bits per heavy atom. The minimum absolute atomic E-state index is 0.0585. The van der Waals surface area contributed by atoms with Crippen LogP contribution in [0.3, 0.4) is 0 Å². The number of aromatic amines is 1. The van der Waals surface area contributed by atoms with Crippen molar-refractivity contribution in [1.82, 2.24) is 9.97 Å². The number of hydrogen-bond acceptors (Lipinski definition) is 3. The van der Waals surface area contributed by atoms with E-state index in [-0.39, 0.29) is 5.03 Å². The molecule has 1 heterocycles. The molecule has 0 fully saturated rings. The Kier molecular flexibility index (Phi) is 2.94. The number of fused-ring (bicyclic) bond motifs is 1. The quantitative estimate of drug-likeness (QED) is 0.777. The minimum atomic E-state index is -3.63. The van der Waals surface area contributed by atoms with Gasteiger partial charge < -0.3 is 4.98 Å². The highest BCUT2D eigenvalue weighted by Crippen LogP contribution is 2.21. The average molecular weight is 287 g/mol. The monoisotopic (exact) mass is 287 g/mol. The molecule has 0 bridgehead atoms. The van der Waals surface area contributed by atoms with Gasteiger partial charge in [0.2, 0.25) is 0 Å². The van der Waals surface area contributed by atoms with Crippen LogP contribution in [0.25, 0.3) is 10.8 Å². The molecule has 0 saturated heterocycles. The van der Waals surface area contributed by atoms with Crippen molar-refractivity contribution in [2.45, 2.75) is 11.9 Å². The van der Waals surface area contributed by atoms with E-state index in [1.807, 2.05) is 30.3 Å². The predicted octanol–water partition coefficient (Wildman–Crippen LogP) is 2.67. The van der Waals surface area contributed by atoms with Crippen LogP contribution < -0.4 is 4.72 Å². The second kappa shape index (κ2) is 4.64. The Morgan fingerprint density at radius 1 is 1.10 bits per heavy atom. The molecular formula is C14H13N3O2S. The first-order valence-corrected chi connectivity index (χ1v) is 7.56. The maximum atomic E-state index is 12.2. The fourth-order valence-corrected chi connectivity index (χ4v) is 3.02. The number of anilines is 1. The molecule has 0 atom stereocenters. The molecule has 0 spiro atoms. The van der Waals surface area contributed by atoms with E-state index in [4.69, 9.17) is 0 Å². The van der Waals surface area contributed by atoms with Gasteiger partial charge in [-0.25, -0.2) is 4.98 Å². The summed E-state index contributed by atoms with van der Waals surface area (Å²) in [7, 11) is -3.63. The van der Waals surface area contributed by atoms with Crippen LogP contribution in [0.5, 0.6) is 0 Å². The third-order valence-electron chi connectivity index (χ3n) is 2.97. The molecule has 2 aromatic carbocycles. The highest BCUT2D eigenvalue weighted by Gasteiger charge is 2.16. The molecule has 1 aromatic heterocycles. The molecule has 3 rings (SSSR count). The number of aromatic nitrogens is 2. The lowest BCUT2D eigenvalue weighted by Crippen LogP contribution is -2.13. The number of nitrogens with one attached hydrogen (secondary N) is 2. The van der Waals surface area contributed by atoms with Gasteiger partial charge in [-0.15, -0.1) is 0 Å². The molecular weight excluding hydrogens is 274 g/mol. The third-order valence-corrected chi connectivity index (χ3v) is 4.26. The molecule has 0 radical (unpaired) electrons. The second-order valence-corrected chi connectivity index (χ2v) is 6.15. The lowest BCUT2D eigenvalue weighted by atomic mass is 10.1. The van der Waals surface area contributed by atoms with E-state index in [1.54, 1.807) is 19.1 Å². The van der Waals surface area contributed by atoms with Crippen molar-refractivity contribution >= 4 is 26.5 Å². The minimum Gasteiger partial charge on any atom is -0.332 e. The van der Waals surface area contributed by atoms with E-state index < -0.39 is 10.0 Å². The summed E-state index contributed by atoms with van der Waals surface area (Å²) in [5.41, 5.74) is 0.524. The van der Waals surface area contributed by atoms with Gasteiger partial charge >= 0.3 is 0 Å². The normalized spacial score (nSPS) is 11.7. The summed E-state index contributed by atoms with van der Waals surface area (Å²) in [6.07, 6.45) is 1.30. The number of benzene rings is 2. The second-order valence-electron chi connectivity index (χ2n) is 4.50. The van der Waals surface area contributed by atoms with Crippen molar-refractivity contribution < 1.29 is 8.42 Å². The molecule has 3 aromatic rings. The van der Waals surface area contributed by atoms with Crippen LogP contribution in [0, 0.1) is 6.92 Å². The van der Waals surface area contributed by atoms with Gasteiger partial charge in [-0.05, 0) is 29.8 Å². The van der Waals surface area contributed by atoms with Crippen LogP contribution in [0.4, 0.5) is 5.69 Å². The first-order valence-electron chi connectivity index (χ1n) is 6.08. The molecule has 0 saturated carbocycles. The van der Waals surface area contributed by atoms with Crippen LogP contribution in [0.1, 0.15) is 5.82 Å². The van der Waals surface area contributed by atoms with E-state index in [9.17, 15) is 8.42 Å². The zero-order valence-electron chi connectivity index (χ0n) is 10.8. The summed E-state index contributed by atoms with van der Waals surface area (Å²) in [4.78, 5) is 6.61. The molecule has 102 valence electrons. The Labute approximate surface area is 116 Å². The molecule has 5 nitrogen and oxygen atoms in total. The van der Waals surface area contributed by atoms with E-state index in [2.05, 4.69) is 14.7 Å². The zero-order valence-corrected chi connectivity index (χ0v) is 11.6. The van der Waals surface area contributed by atoms with Crippen molar-refractivity contribution in [3.63, 3.8) is 0 Å². The zero-order chi connectivity index (χ0) is 14.2. The van der Waals surface area contributed by atoms with Crippen molar-refractivity contribution in [2.24, 2.45) is 0 Å². The SMILES string of the molecule is Cc1ncc(S(=O)(=O)Nc2ccc3ccccc3c2)[nH]1. The number of hydrogen-bond donors (Lipinski definition) is 2. The van der Waals surface area contributed by atoms with Gasteiger partial charge in [0.25, 0.3) is 10.0 Å². The summed E-state index contributed by atoms with van der Waals surface area (Å²) >= 11 is 0. The Morgan fingerprint density at radius 2 is 1.85 bits per heavy atom. The van der Waals surface area contributed by atoms with Gasteiger partial charge in [-0.1, -0.05) is 30.3 Å². The number of nitrogens with zero attached hydrogens (tertiary/aromatic N) is 1. The fourth-order valence-electron chi connectivity index (χ4n) is 2.00. The Balaban J connectivity index is 1.96. The molecule has 0 unspecified atom stereocenters. The van der Waals surface area contributed by atoms with E-state index in [0.29, 0.717) is 11.5 Å². The van der Waals surface area contributed by atoms with Crippen LogP contribution >= 0.6 is 0 Å². The summed E-state index contributed by atoms with van der Waals surface area (Å²) in [6, 6.07) is 13.2. The fraction of sp³-hybridized carbons (Fsp3) is 0.0714. The molecule has 0 aliphatic carbocycles. The lowest BCUT2D eigenvalue weighted by molar-refractivity contribution is 0.598. The van der Waals surface area contributed by atoms with Gasteiger partial charge in [-0.2, -0.15) is 8.42 Å². The van der Waals surface area contributed by atoms with E-state index in [1.165, 1.54) is 6.20 Å². The summed E-state index contributed by atoms with van der Waals surface area (Å²) < 4.78 is 26.9. The number of imidazole rings is 1. The molecule has 0 aliphatic rings. The molecule has 6 heteroatoms. The summed E-state index contributed by atoms with van der Waals surface area (Å²) in [5, 5.41) is 2.10. The molecule has 2 N–H and O–H groups in total. The lowest BCUT2D eigenvalue weighted by Gasteiger charge is -2.07. The number of aryl methyl sites for hydroxylation is 1. The largest absolute Gasteiger partial charge is 0.332 e. The van der Waals surface area contributed by atoms with Gasteiger partial charge in [0.05, 0.1) is 6.20 Å². The smallest absolute Gasteiger partial charge is 0.278 e. The topological polar surface area (TPSA) is 74.8 Å². The molecule has 0 amide bonds. The average Bonchev–Trinajstić information content (AvgIpc) is 2.86. The summed E-state index contributed by atoms with van der Waals surface area (Å²) in [6.45, 7) is 1.70. The van der Waals surface area contributed by atoms with Crippen molar-refractivity contribution in [3.05, 3.63) is 54.5 Å². The van der Waals surface area contributed by atoms with Crippen LogP contribution in [-0.4, -0.2) is 18.4 Å². The third kappa shape index (κ3) is 2.37. The number of sulfonamides is 1. The summed E-state index contributed by atoms with van der Waals surface area (Å²) in [5.74, 6) is 0.559. The standard InChI is InChI=1S/C14H13N3O2S/c1-10-15-9-14(16-10)20(18,19)17-13-7-6-11-4-2-3-5-12(11)8-13/h2-9,17H,1H3,(H,15,16). The predicted molar refractivity (Wildman–Crippen MR) is 78.1 cm³/mol. The Hall–Kier alpha value is -2.34. The first-order chi connectivity index (χ1) is 9.54. The maximum absolute atomic E-state index is 12.2. The van der Waals surface area contributed by atoms with Gasteiger partial charge in [0, 0.05) is 5.69 Å². The van der Waals surface area contributed by atoms with Crippen LogP contribution in [0.2, 0.25) is 0 Å². The molecule has 0 aliphatic heterocycles. The van der Waals surface area contributed by atoms with Gasteiger partial charge in [-0.3, -0.25) is 4.72 Å². The van der Waals surface area contributed by atoms with Crippen molar-refractivity contribution in [1.29, 1.82) is 0 Å².